The van der Waals surface area contributed by atoms with E-state index in [1.54, 1.807) is 17.2 Å². The van der Waals surface area contributed by atoms with Gasteiger partial charge in [0, 0.05) is 11.6 Å². The van der Waals surface area contributed by atoms with Gasteiger partial charge in [-0.15, -0.1) is 0 Å². The molecule has 0 saturated carbocycles. The molecule has 0 aliphatic heterocycles. The Morgan fingerprint density at radius 3 is 2.77 bits per heavy atom. The van der Waals surface area contributed by atoms with Crippen LogP contribution in [0.2, 0.25) is 0 Å². The number of rotatable bonds is 6. The van der Waals surface area contributed by atoms with Crippen molar-refractivity contribution in [1.82, 2.24) is 9.97 Å². The average molecular weight is 430 g/mol. The predicted octanol–water partition coefficient (Wildman–Crippen LogP) is 5.68. The van der Waals surface area contributed by atoms with Gasteiger partial charge in [0.25, 0.3) is 5.91 Å². The highest BCUT2D eigenvalue weighted by molar-refractivity contribution is 7.22. The lowest BCUT2D eigenvalue weighted by molar-refractivity contribution is 0.0960. The van der Waals surface area contributed by atoms with Gasteiger partial charge in [0.2, 0.25) is 0 Å². The summed E-state index contributed by atoms with van der Waals surface area (Å²) < 4.78 is 12.6. The maximum absolute atomic E-state index is 13.6. The van der Waals surface area contributed by atoms with Crippen molar-refractivity contribution in [2.45, 2.75) is 13.5 Å². The second kappa shape index (κ2) is 8.20. The van der Waals surface area contributed by atoms with Gasteiger partial charge in [-0.1, -0.05) is 41.7 Å². The maximum Gasteiger partial charge on any atom is 0.296 e. The molecule has 5 aromatic rings. The Balaban J connectivity index is 1.58. The van der Waals surface area contributed by atoms with Crippen LogP contribution >= 0.6 is 11.3 Å². The summed E-state index contributed by atoms with van der Waals surface area (Å²) in [5.74, 6) is 0.580. The summed E-state index contributed by atoms with van der Waals surface area (Å²) in [7, 11) is 0. The van der Waals surface area contributed by atoms with Gasteiger partial charge in [0.15, 0.2) is 22.2 Å². The van der Waals surface area contributed by atoms with Gasteiger partial charge in [-0.3, -0.25) is 14.7 Å². The topological polar surface area (TPSA) is 68.5 Å². The van der Waals surface area contributed by atoms with Crippen molar-refractivity contribution in [3.8, 4) is 5.75 Å². The van der Waals surface area contributed by atoms with Crippen molar-refractivity contribution >= 4 is 43.6 Å². The molecule has 0 spiro atoms. The molecule has 0 fully saturated rings. The van der Waals surface area contributed by atoms with Crippen LogP contribution in [0.25, 0.3) is 21.2 Å². The Morgan fingerprint density at radius 1 is 1.10 bits per heavy atom. The summed E-state index contributed by atoms with van der Waals surface area (Å²) in [4.78, 5) is 24.3. The highest BCUT2D eigenvalue weighted by atomic mass is 32.1. The normalized spacial score (nSPS) is 11.1. The third-order valence-electron chi connectivity index (χ3n) is 4.82. The number of fused-ring (bicyclic) bond motifs is 2. The fourth-order valence-electron chi connectivity index (χ4n) is 3.40. The number of aromatic nitrogens is 2. The first-order chi connectivity index (χ1) is 15.2. The van der Waals surface area contributed by atoms with Gasteiger partial charge >= 0.3 is 0 Å². The predicted molar refractivity (Wildman–Crippen MR) is 122 cm³/mol. The molecule has 5 rings (SSSR count). The van der Waals surface area contributed by atoms with E-state index in [2.05, 4.69) is 9.97 Å². The molecule has 2 aromatic carbocycles. The number of hydrogen-bond acceptors (Lipinski definition) is 6. The minimum Gasteiger partial charge on any atom is -0.490 e. The van der Waals surface area contributed by atoms with Crippen molar-refractivity contribution in [2.24, 2.45) is 0 Å². The van der Waals surface area contributed by atoms with Crippen molar-refractivity contribution in [3.63, 3.8) is 0 Å². The molecule has 0 atom stereocenters. The molecule has 6 nitrogen and oxygen atoms in total. The molecule has 0 unspecified atom stereocenters. The lowest BCUT2D eigenvalue weighted by Gasteiger charge is -2.18. The van der Waals surface area contributed by atoms with Crippen molar-refractivity contribution in [2.75, 3.05) is 11.5 Å². The zero-order chi connectivity index (χ0) is 21.2. The van der Waals surface area contributed by atoms with E-state index in [4.69, 9.17) is 9.15 Å². The molecule has 154 valence electrons. The molecule has 0 aliphatic rings. The number of para-hydroxylation sites is 2. The van der Waals surface area contributed by atoms with Crippen molar-refractivity contribution < 1.29 is 13.9 Å². The molecule has 0 bridgehead atoms. The molecular weight excluding hydrogens is 410 g/mol. The number of anilines is 1. The molecule has 31 heavy (non-hydrogen) atoms. The number of thiazole rings is 1. The standard InChI is InChI=1S/C24H19N3O3S/c1-2-29-19-11-7-8-16-14-20(30-22(16)19)23(28)27(15-17-9-5-6-13-25-17)24-26-18-10-3-4-12-21(18)31-24/h3-14H,2,15H2,1H3. The molecule has 1 amide bonds. The minimum absolute atomic E-state index is 0.234. The zero-order valence-corrected chi connectivity index (χ0v) is 17.6. The van der Waals surface area contributed by atoms with Crippen LogP contribution in [0, 0.1) is 0 Å². The largest absolute Gasteiger partial charge is 0.490 e. The number of amides is 1. The summed E-state index contributed by atoms with van der Waals surface area (Å²) in [5.41, 5.74) is 2.18. The lowest BCUT2D eigenvalue weighted by Crippen LogP contribution is -2.30. The van der Waals surface area contributed by atoms with E-state index in [0.717, 1.165) is 21.3 Å². The van der Waals surface area contributed by atoms with Gasteiger partial charge in [-0.25, -0.2) is 4.98 Å². The fourth-order valence-corrected chi connectivity index (χ4v) is 4.36. The molecule has 0 radical (unpaired) electrons. The van der Waals surface area contributed by atoms with Crippen LogP contribution in [-0.4, -0.2) is 22.5 Å². The van der Waals surface area contributed by atoms with E-state index < -0.39 is 0 Å². The second-order valence-corrected chi connectivity index (χ2v) is 7.90. The number of ether oxygens (including phenoxy) is 1. The maximum atomic E-state index is 13.6. The highest BCUT2D eigenvalue weighted by Crippen LogP contribution is 2.33. The number of carbonyl (C=O) groups excluding carboxylic acids is 1. The smallest absolute Gasteiger partial charge is 0.296 e. The van der Waals surface area contributed by atoms with Gasteiger partial charge in [-0.2, -0.15) is 0 Å². The molecular formula is C24H19N3O3S. The Morgan fingerprint density at radius 2 is 1.97 bits per heavy atom. The van der Waals surface area contributed by atoms with Gasteiger partial charge in [0.1, 0.15) is 0 Å². The summed E-state index contributed by atoms with van der Waals surface area (Å²) in [5, 5.41) is 1.42. The summed E-state index contributed by atoms with van der Waals surface area (Å²) in [6, 6.07) is 20.8. The van der Waals surface area contributed by atoms with E-state index in [-0.39, 0.29) is 18.2 Å². The van der Waals surface area contributed by atoms with E-state index >= 15 is 0 Å². The van der Waals surface area contributed by atoms with Crippen LogP contribution in [0.3, 0.4) is 0 Å². The quantitative estimate of drug-likeness (QED) is 0.347. The van der Waals surface area contributed by atoms with Crippen molar-refractivity contribution in [1.29, 1.82) is 0 Å². The second-order valence-electron chi connectivity index (χ2n) is 6.89. The van der Waals surface area contributed by atoms with E-state index in [9.17, 15) is 4.79 Å². The third-order valence-corrected chi connectivity index (χ3v) is 5.88. The zero-order valence-electron chi connectivity index (χ0n) is 16.8. The Hall–Kier alpha value is -3.71. The fraction of sp³-hybridized carbons (Fsp3) is 0.125. The number of pyridine rings is 1. The number of benzene rings is 2. The van der Waals surface area contributed by atoms with Crippen LogP contribution in [0.5, 0.6) is 5.75 Å². The van der Waals surface area contributed by atoms with Gasteiger partial charge < -0.3 is 9.15 Å². The summed E-state index contributed by atoms with van der Waals surface area (Å²) in [6.45, 7) is 2.71. The average Bonchev–Trinajstić information content (AvgIpc) is 3.43. The molecule has 0 saturated heterocycles. The van der Waals surface area contributed by atoms with Crippen LogP contribution in [0.15, 0.2) is 77.3 Å². The first-order valence-electron chi connectivity index (χ1n) is 9.95. The lowest BCUT2D eigenvalue weighted by atomic mass is 10.2. The highest BCUT2D eigenvalue weighted by Gasteiger charge is 2.25. The van der Waals surface area contributed by atoms with Crippen LogP contribution < -0.4 is 9.64 Å². The molecule has 7 heteroatoms. The van der Waals surface area contributed by atoms with Gasteiger partial charge in [-0.05, 0) is 43.3 Å². The minimum atomic E-state index is -0.275. The number of hydrogen-bond donors (Lipinski definition) is 0. The van der Waals surface area contributed by atoms with Crippen molar-refractivity contribution in [3.05, 3.63) is 84.4 Å². The van der Waals surface area contributed by atoms with Gasteiger partial charge in [0.05, 0.1) is 29.1 Å². The van der Waals surface area contributed by atoms with Crippen LogP contribution in [0.1, 0.15) is 23.2 Å². The molecule has 3 heterocycles. The molecule has 0 N–H and O–H groups in total. The van der Waals surface area contributed by atoms with E-state index in [1.807, 2.05) is 67.6 Å². The monoisotopic (exact) mass is 429 g/mol. The van der Waals surface area contributed by atoms with Crippen LogP contribution in [-0.2, 0) is 6.54 Å². The SMILES string of the molecule is CCOc1cccc2cc(C(=O)N(Cc3ccccn3)c3nc4ccccc4s3)oc12. The Kier molecular flexibility index (Phi) is 5.09. The van der Waals surface area contributed by atoms with Crippen LogP contribution in [0.4, 0.5) is 5.13 Å². The number of nitrogens with zero attached hydrogens (tertiary/aromatic N) is 3. The number of carbonyl (C=O) groups is 1. The summed E-state index contributed by atoms with van der Waals surface area (Å²) >= 11 is 1.47. The summed E-state index contributed by atoms with van der Waals surface area (Å²) in [6.07, 6.45) is 1.71. The number of furan rings is 1. The molecule has 0 aliphatic carbocycles. The molecule has 3 aromatic heterocycles. The van der Waals surface area contributed by atoms with E-state index in [1.165, 1.54) is 11.3 Å². The first kappa shape index (κ1) is 19.3. The van der Waals surface area contributed by atoms with E-state index in [0.29, 0.717) is 23.1 Å². The third kappa shape index (κ3) is 3.75. The first-order valence-corrected chi connectivity index (χ1v) is 10.8. The Labute approximate surface area is 182 Å². The Bertz CT molecular complexity index is 1330.